The molecule has 3 rings (SSSR count). The molecule has 6 nitrogen and oxygen atoms in total. The number of Topliss-reactive ketones (excluding diaryl/α,β-unsaturated/α-hetero) is 1. The number of nitrogens with one attached hydrogen (secondary N) is 2. The molecular weight excluding hydrogens is 402 g/mol. The summed E-state index contributed by atoms with van der Waals surface area (Å²) < 4.78 is 28.0. The van der Waals surface area contributed by atoms with E-state index in [0.29, 0.717) is 5.56 Å². The number of carbonyl (C=O) groups is 2. The van der Waals surface area contributed by atoms with Crippen LogP contribution in [-0.2, 0) is 10.2 Å². The average Bonchev–Trinajstić information content (AvgIpc) is 3.05. The SMILES string of the molecule is CC(C)(C)c1cccc(-c2cnccc2C(=O)NCC(=O)C2C(C#N)NCC2(F)F)c1. The van der Waals surface area contributed by atoms with Crippen LogP contribution in [0, 0.1) is 17.2 Å². The summed E-state index contributed by atoms with van der Waals surface area (Å²) in [6.07, 6.45) is 3.01. The van der Waals surface area contributed by atoms with Gasteiger partial charge in [-0.15, -0.1) is 0 Å². The topological polar surface area (TPSA) is 94.9 Å². The molecule has 0 bridgehead atoms. The van der Waals surface area contributed by atoms with Crippen LogP contribution in [0.25, 0.3) is 11.1 Å². The van der Waals surface area contributed by atoms with E-state index in [1.165, 1.54) is 12.3 Å². The van der Waals surface area contributed by atoms with E-state index in [-0.39, 0.29) is 11.0 Å². The molecule has 1 aromatic carbocycles. The highest BCUT2D eigenvalue weighted by Gasteiger charge is 2.53. The molecule has 1 aliphatic rings. The highest BCUT2D eigenvalue weighted by molar-refractivity contribution is 6.02. The number of carbonyl (C=O) groups excluding carboxylic acids is 2. The molecule has 2 N–H and O–H groups in total. The molecule has 162 valence electrons. The molecule has 2 unspecified atom stereocenters. The number of alkyl halides is 2. The summed E-state index contributed by atoms with van der Waals surface area (Å²) in [6.45, 7) is 4.90. The van der Waals surface area contributed by atoms with Crippen molar-refractivity contribution in [3.63, 3.8) is 0 Å². The minimum absolute atomic E-state index is 0.0924. The van der Waals surface area contributed by atoms with Crippen molar-refractivity contribution in [1.82, 2.24) is 15.6 Å². The number of aromatic nitrogens is 1. The van der Waals surface area contributed by atoms with Gasteiger partial charge in [-0.05, 0) is 22.6 Å². The maximum atomic E-state index is 14.0. The Labute approximate surface area is 179 Å². The molecule has 0 aliphatic carbocycles. The zero-order valence-corrected chi connectivity index (χ0v) is 17.6. The summed E-state index contributed by atoms with van der Waals surface area (Å²) in [5.74, 6) is -6.59. The predicted octanol–water partition coefficient (Wildman–Crippen LogP) is 3.09. The van der Waals surface area contributed by atoms with Crippen molar-refractivity contribution in [2.75, 3.05) is 13.1 Å². The van der Waals surface area contributed by atoms with Crippen LogP contribution in [0.2, 0.25) is 0 Å². The molecule has 1 saturated heterocycles. The number of hydrogen-bond donors (Lipinski definition) is 2. The Morgan fingerprint density at radius 2 is 2.06 bits per heavy atom. The monoisotopic (exact) mass is 426 g/mol. The van der Waals surface area contributed by atoms with Gasteiger partial charge in [0.25, 0.3) is 11.8 Å². The summed E-state index contributed by atoms with van der Waals surface area (Å²) in [5.41, 5.74) is 2.62. The molecule has 31 heavy (non-hydrogen) atoms. The Balaban J connectivity index is 1.80. The van der Waals surface area contributed by atoms with E-state index in [0.717, 1.165) is 11.1 Å². The van der Waals surface area contributed by atoms with E-state index in [1.807, 2.05) is 24.3 Å². The molecule has 0 radical (unpaired) electrons. The van der Waals surface area contributed by atoms with E-state index >= 15 is 0 Å². The van der Waals surface area contributed by atoms with Gasteiger partial charge >= 0.3 is 0 Å². The number of nitriles is 1. The molecule has 0 saturated carbocycles. The summed E-state index contributed by atoms with van der Waals surface area (Å²) >= 11 is 0. The second-order valence-corrected chi connectivity index (χ2v) is 8.63. The number of rotatable bonds is 5. The fourth-order valence-corrected chi connectivity index (χ4v) is 3.61. The molecule has 2 aromatic rings. The van der Waals surface area contributed by atoms with Crippen molar-refractivity contribution < 1.29 is 18.4 Å². The maximum Gasteiger partial charge on any atom is 0.272 e. The van der Waals surface area contributed by atoms with Crippen LogP contribution in [0.1, 0.15) is 36.7 Å². The summed E-state index contributed by atoms with van der Waals surface area (Å²) in [4.78, 5) is 29.3. The van der Waals surface area contributed by atoms with E-state index in [2.05, 4.69) is 36.4 Å². The molecular formula is C23H24F2N4O2. The van der Waals surface area contributed by atoms with Gasteiger partial charge in [-0.1, -0.05) is 45.0 Å². The lowest BCUT2D eigenvalue weighted by Gasteiger charge is -2.20. The van der Waals surface area contributed by atoms with Gasteiger partial charge in [0.1, 0.15) is 12.0 Å². The van der Waals surface area contributed by atoms with Crippen LogP contribution in [0.5, 0.6) is 0 Å². The minimum atomic E-state index is -3.34. The Morgan fingerprint density at radius 3 is 2.74 bits per heavy atom. The molecule has 1 aliphatic heterocycles. The summed E-state index contributed by atoms with van der Waals surface area (Å²) in [5, 5.41) is 13.8. The van der Waals surface area contributed by atoms with Gasteiger partial charge in [0, 0.05) is 18.0 Å². The van der Waals surface area contributed by atoms with Crippen molar-refractivity contribution in [2.45, 2.75) is 38.2 Å². The van der Waals surface area contributed by atoms with Crippen molar-refractivity contribution >= 4 is 11.7 Å². The number of amides is 1. The smallest absolute Gasteiger partial charge is 0.272 e. The predicted molar refractivity (Wildman–Crippen MR) is 112 cm³/mol. The number of nitrogens with zero attached hydrogens (tertiary/aromatic N) is 2. The second kappa shape index (κ2) is 8.52. The number of pyridine rings is 1. The van der Waals surface area contributed by atoms with E-state index in [4.69, 9.17) is 5.26 Å². The largest absolute Gasteiger partial charge is 0.345 e. The van der Waals surface area contributed by atoms with Crippen LogP contribution < -0.4 is 10.6 Å². The lowest BCUT2D eigenvalue weighted by molar-refractivity contribution is -0.131. The minimum Gasteiger partial charge on any atom is -0.345 e. The van der Waals surface area contributed by atoms with Crippen molar-refractivity contribution in [2.24, 2.45) is 5.92 Å². The zero-order chi connectivity index (χ0) is 22.8. The van der Waals surface area contributed by atoms with Gasteiger partial charge in [0.15, 0.2) is 5.78 Å². The van der Waals surface area contributed by atoms with Gasteiger partial charge in [0.2, 0.25) is 0 Å². The number of benzene rings is 1. The summed E-state index contributed by atoms with van der Waals surface area (Å²) in [6, 6.07) is 9.64. The second-order valence-electron chi connectivity index (χ2n) is 8.63. The summed E-state index contributed by atoms with van der Waals surface area (Å²) in [7, 11) is 0. The van der Waals surface area contributed by atoms with Crippen LogP contribution in [0.3, 0.4) is 0 Å². The van der Waals surface area contributed by atoms with Crippen molar-refractivity contribution in [3.05, 3.63) is 53.9 Å². The molecule has 2 heterocycles. The highest BCUT2D eigenvalue weighted by Crippen LogP contribution is 2.33. The first-order chi connectivity index (χ1) is 14.5. The van der Waals surface area contributed by atoms with Gasteiger partial charge < -0.3 is 5.32 Å². The molecule has 1 fully saturated rings. The van der Waals surface area contributed by atoms with Gasteiger partial charge in [-0.2, -0.15) is 5.26 Å². The zero-order valence-electron chi connectivity index (χ0n) is 17.6. The Bertz CT molecular complexity index is 1040. The first-order valence-electron chi connectivity index (χ1n) is 9.91. The molecule has 8 heteroatoms. The molecule has 1 aromatic heterocycles. The van der Waals surface area contributed by atoms with Gasteiger partial charge in [0.05, 0.1) is 24.7 Å². The van der Waals surface area contributed by atoms with E-state index in [1.54, 1.807) is 12.3 Å². The molecule has 1 amide bonds. The number of halogens is 2. The van der Waals surface area contributed by atoms with Crippen LogP contribution in [0.15, 0.2) is 42.7 Å². The van der Waals surface area contributed by atoms with Gasteiger partial charge in [-0.3, -0.25) is 19.9 Å². The third-order valence-corrected chi connectivity index (χ3v) is 5.36. The number of hydrogen-bond acceptors (Lipinski definition) is 5. The molecule has 0 spiro atoms. The van der Waals surface area contributed by atoms with Gasteiger partial charge in [-0.25, -0.2) is 8.78 Å². The third-order valence-electron chi connectivity index (χ3n) is 5.36. The Hall–Kier alpha value is -3.18. The Kier molecular flexibility index (Phi) is 6.18. The fourth-order valence-electron chi connectivity index (χ4n) is 3.61. The van der Waals surface area contributed by atoms with Crippen LogP contribution in [-0.4, -0.2) is 41.7 Å². The first kappa shape index (κ1) is 22.5. The molecule has 2 atom stereocenters. The third kappa shape index (κ3) is 4.78. The quantitative estimate of drug-likeness (QED) is 0.766. The van der Waals surface area contributed by atoms with Crippen LogP contribution >= 0.6 is 0 Å². The number of ketones is 1. The highest BCUT2D eigenvalue weighted by atomic mass is 19.3. The van der Waals surface area contributed by atoms with Crippen LogP contribution in [0.4, 0.5) is 8.78 Å². The lowest BCUT2D eigenvalue weighted by atomic mass is 9.85. The normalized spacial score (nSPS) is 20.1. The standard InChI is InChI=1S/C23H24F2N4O2/c1-22(2,3)15-6-4-5-14(9-15)17-11-27-8-7-16(17)21(31)28-12-19(30)20-18(10-26)29-13-23(20,24)25/h4-9,11,18,20,29H,12-13H2,1-3H3,(H,28,31). The first-order valence-corrected chi connectivity index (χ1v) is 9.91. The fraction of sp³-hybridized carbons (Fsp3) is 0.391. The van der Waals surface area contributed by atoms with E-state index < -0.39 is 42.7 Å². The Morgan fingerprint density at radius 1 is 1.32 bits per heavy atom. The average molecular weight is 426 g/mol. The van der Waals surface area contributed by atoms with Crippen molar-refractivity contribution in [3.8, 4) is 17.2 Å². The van der Waals surface area contributed by atoms with Crippen molar-refractivity contribution in [1.29, 1.82) is 5.26 Å². The lowest BCUT2D eigenvalue weighted by Crippen LogP contribution is -2.42. The maximum absolute atomic E-state index is 14.0. The van der Waals surface area contributed by atoms with E-state index in [9.17, 15) is 18.4 Å².